The van der Waals surface area contributed by atoms with Gasteiger partial charge in [0, 0.05) is 17.4 Å². The highest BCUT2D eigenvalue weighted by Gasteiger charge is 2.07. The summed E-state index contributed by atoms with van der Waals surface area (Å²) in [5.41, 5.74) is 0.724. The molecule has 0 atom stereocenters. The smallest absolute Gasteiger partial charge is 0.0992 e. The summed E-state index contributed by atoms with van der Waals surface area (Å²) in [5.74, 6) is 0. The summed E-state index contributed by atoms with van der Waals surface area (Å²) in [6.07, 6.45) is 5.06. The summed E-state index contributed by atoms with van der Waals surface area (Å²) in [7, 11) is 0. The summed E-state index contributed by atoms with van der Waals surface area (Å²) < 4.78 is 1.75. The number of benzene rings is 1. The highest BCUT2D eigenvalue weighted by atomic mass is 35.5. The van der Waals surface area contributed by atoms with Crippen LogP contribution in [-0.4, -0.2) is 9.55 Å². The van der Waals surface area contributed by atoms with Crippen molar-refractivity contribution in [3.63, 3.8) is 0 Å². The second-order valence-electron chi connectivity index (χ2n) is 2.69. The maximum absolute atomic E-state index is 6.02. The van der Waals surface area contributed by atoms with Crippen molar-refractivity contribution in [2.75, 3.05) is 0 Å². The predicted octanol–water partition coefficient (Wildman–Crippen LogP) is 3.83. The van der Waals surface area contributed by atoms with Crippen LogP contribution in [0.5, 0.6) is 0 Å². The van der Waals surface area contributed by atoms with Crippen LogP contribution in [0.2, 0.25) is 15.1 Å². The van der Waals surface area contributed by atoms with Crippen molar-refractivity contribution in [3.8, 4) is 5.69 Å². The molecule has 2 aromatic rings. The summed E-state index contributed by atoms with van der Waals surface area (Å²) in [5, 5.41) is 1.44. The van der Waals surface area contributed by atoms with Crippen LogP contribution >= 0.6 is 34.8 Å². The molecule has 1 aromatic heterocycles. The van der Waals surface area contributed by atoms with E-state index in [0.717, 1.165) is 5.69 Å². The van der Waals surface area contributed by atoms with Crippen LogP contribution in [0.25, 0.3) is 5.69 Å². The average molecular weight is 248 g/mol. The Balaban J connectivity index is 2.64. The Morgan fingerprint density at radius 1 is 1.14 bits per heavy atom. The summed E-state index contributed by atoms with van der Waals surface area (Å²) in [4.78, 5) is 3.92. The lowest BCUT2D eigenvalue weighted by Gasteiger charge is -2.06. The Hall–Kier alpha value is -0.700. The first-order valence-corrected chi connectivity index (χ1v) is 4.95. The Kier molecular flexibility index (Phi) is 2.68. The molecular weight excluding hydrogens is 242 g/mol. The molecule has 0 aliphatic rings. The summed E-state index contributed by atoms with van der Waals surface area (Å²) >= 11 is 17.8. The maximum Gasteiger partial charge on any atom is 0.0992 e. The van der Waals surface area contributed by atoms with Crippen molar-refractivity contribution in [3.05, 3.63) is 45.9 Å². The molecule has 2 nitrogen and oxygen atoms in total. The van der Waals surface area contributed by atoms with Gasteiger partial charge in [0.2, 0.25) is 0 Å². The van der Waals surface area contributed by atoms with Crippen molar-refractivity contribution in [1.29, 1.82) is 0 Å². The molecule has 5 heteroatoms. The molecule has 72 valence electrons. The topological polar surface area (TPSA) is 17.8 Å². The maximum atomic E-state index is 6.02. The third-order valence-corrected chi connectivity index (χ3v) is 2.77. The molecule has 0 fully saturated rings. The monoisotopic (exact) mass is 246 g/mol. The lowest BCUT2D eigenvalue weighted by atomic mass is 10.3. The van der Waals surface area contributed by atoms with Crippen molar-refractivity contribution < 1.29 is 0 Å². The Morgan fingerprint density at radius 3 is 2.57 bits per heavy atom. The fraction of sp³-hybridized carbons (Fsp3) is 0. The summed E-state index contributed by atoms with van der Waals surface area (Å²) in [6.45, 7) is 0. The minimum atomic E-state index is 0.433. The first-order valence-electron chi connectivity index (χ1n) is 3.81. The molecular formula is C9H5Cl3N2. The van der Waals surface area contributed by atoms with Crippen LogP contribution in [0.15, 0.2) is 30.9 Å². The zero-order valence-electron chi connectivity index (χ0n) is 6.92. The molecule has 0 aliphatic carbocycles. The van der Waals surface area contributed by atoms with Gasteiger partial charge >= 0.3 is 0 Å². The van der Waals surface area contributed by atoms with E-state index >= 15 is 0 Å². The first-order chi connectivity index (χ1) is 6.68. The van der Waals surface area contributed by atoms with Gasteiger partial charge < -0.3 is 4.57 Å². The van der Waals surface area contributed by atoms with E-state index in [1.165, 1.54) is 0 Å². The van der Waals surface area contributed by atoms with Gasteiger partial charge in [-0.2, -0.15) is 0 Å². The third-order valence-electron chi connectivity index (χ3n) is 1.76. The van der Waals surface area contributed by atoms with E-state index in [2.05, 4.69) is 4.98 Å². The van der Waals surface area contributed by atoms with E-state index < -0.39 is 0 Å². The third kappa shape index (κ3) is 1.73. The first kappa shape index (κ1) is 9.84. The Labute approximate surface area is 96.0 Å². The van der Waals surface area contributed by atoms with E-state index in [-0.39, 0.29) is 0 Å². The van der Waals surface area contributed by atoms with Gasteiger partial charge in [-0.25, -0.2) is 4.98 Å². The Bertz CT molecular complexity index is 451. The fourth-order valence-corrected chi connectivity index (χ4v) is 1.82. The lowest BCUT2D eigenvalue weighted by Crippen LogP contribution is -1.91. The number of aromatic nitrogens is 2. The number of halogens is 3. The van der Waals surface area contributed by atoms with Crippen LogP contribution in [0, 0.1) is 0 Å². The molecule has 0 saturated heterocycles. The minimum Gasteiger partial charge on any atom is -0.305 e. The van der Waals surface area contributed by atoms with Crippen molar-refractivity contribution >= 4 is 34.8 Å². The normalized spacial score (nSPS) is 10.5. The quantitative estimate of drug-likeness (QED) is 0.700. The van der Waals surface area contributed by atoms with E-state index in [0.29, 0.717) is 15.1 Å². The molecule has 0 radical (unpaired) electrons. The van der Waals surface area contributed by atoms with E-state index in [1.807, 2.05) is 0 Å². The minimum absolute atomic E-state index is 0.433. The van der Waals surface area contributed by atoms with Crippen LogP contribution in [0.4, 0.5) is 0 Å². The standard InChI is InChI=1S/C9H5Cl3N2/c10-6-3-7(11)9(12)8(4-6)14-2-1-13-5-14/h1-5H. The van der Waals surface area contributed by atoms with Crippen LogP contribution in [0.3, 0.4) is 0 Å². The van der Waals surface area contributed by atoms with E-state index in [9.17, 15) is 0 Å². The Morgan fingerprint density at radius 2 is 1.93 bits per heavy atom. The van der Waals surface area contributed by atoms with Gasteiger partial charge in [0.1, 0.15) is 0 Å². The highest BCUT2D eigenvalue weighted by molar-refractivity contribution is 6.44. The van der Waals surface area contributed by atoms with Crippen molar-refractivity contribution in [2.24, 2.45) is 0 Å². The van der Waals surface area contributed by atoms with Gasteiger partial charge in [-0.3, -0.25) is 0 Å². The van der Waals surface area contributed by atoms with Gasteiger partial charge in [-0.15, -0.1) is 0 Å². The molecule has 0 aliphatic heterocycles. The lowest BCUT2D eigenvalue weighted by molar-refractivity contribution is 1.06. The second-order valence-corrected chi connectivity index (χ2v) is 3.91. The fourth-order valence-electron chi connectivity index (χ4n) is 1.13. The average Bonchev–Trinajstić information content (AvgIpc) is 2.63. The molecule has 14 heavy (non-hydrogen) atoms. The van der Waals surface area contributed by atoms with Gasteiger partial charge in [0.15, 0.2) is 0 Å². The largest absolute Gasteiger partial charge is 0.305 e. The molecule has 0 amide bonds. The number of hydrogen-bond donors (Lipinski definition) is 0. The van der Waals surface area contributed by atoms with Crippen molar-refractivity contribution in [1.82, 2.24) is 9.55 Å². The van der Waals surface area contributed by atoms with Gasteiger partial charge in [-0.1, -0.05) is 34.8 Å². The number of rotatable bonds is 1. The molecule has 0 N–H and O–H groups in total. The number of imidazole rings is 1. The van der Waals surface area contributed by atoms with E-state index in [4.69, 9.17) is 34.8 Å². The molecule has 0 bridgehead atoms. The zero-order chi connectivity index (χ0) is 10.1. The highest BCUT2D eigenvalue weighted by Crippen LogP contribution is 2.31. The molecule has 0 saturated carbocycles. The molecule has 2 rings (SSSR count). The zero-order valence-corrected chi connectivity index (χ0v) is 9.18. The molecule has 1 aromatic carbocycles. The molecule has 0 spiro atoms. The van der Waals surface area contributed by atoms with Gasteiger partial charge in [-0.05, 0) is 12.1 Å². The SMILES string of the molecule is Clc1cc(Cl)c(Cl)c(-n2ccnc2)c1. The van der Waals surface area contributed by atoms with Crippen LogP contribution in [0.1, 0.15) is 0 Å². The van der Waals surface area contributed by atoms with E-state index in [1.54, 1.807) is 35.4 Å². The molecule has 0 unspecified atom stereocenters. The molecule has 1 heterocycles. The second kappa shape index (κ2) is 3.81. The van der Waals surface area contributed by atoms with Crippen LogP contribution < -0.4 is 0 Å². The number of nitrogens with zero attached hydrogens (tertiary/aromatic N) is 2. The van der Waals surface area contributed by atoms with Gasteiger partial charge in [0.25, 0.3) is 0 Å². The summed E-state index contributed by atoms with van der Waals surface area (Å²) in [6, 6.07) is 3.34. The van der Waals surface area contributed by atoms with Gasteiger partial charge in [0.05, 0.1) is 22.1 Å². The predicted molar refractivity (Wildman–Crippen MR) is 58.6 cm³/mol. The number of hydrogen-bond acceptors (Lipinski definition) is 1. The van der Waals surface area contributed by atoms with Crippen LogP contribution in [-0.2, 0) is 0 Å². The van der Waals surface area contributed by atoms with Crippen molar-refractivity contribution in [2.45, 2.75) is 0 Å².